The molecular weight excluding hydrogens is 336 g/mol. The number of rotatable bonds is 6. The van der Waals surface area contributed by atoms with Gasteiger partial charge in [-0.15, -0.1) is 0 Å². The van der Waals surface area contributed by atoms with Crippen molar-refractivity contribution in [3.8, 4) is 0 Å². The van der Waals surface area contributed by atoms with Crippen LogP contribution in [0.15, 0.2) is 47.1 Å². The summed E-state index contributed by atoms with van der Waals surface area (Å²) in [5.41, 5.74) is 2.30. The molecule has 0 amide bonds. The highest BCUT2D eigenvalue weighted by Crippen LogP contribution is 2.28. The Hall–Kier alpha value is -0.900. The van der Waals surface area contributed by atoms with Gasteiger partial charge in [-0.05, 0) is 42.8 Å². The summed E-state index contributed by atoms with van der Waals surface area (Å²) in [5.74, 6) is 0. The summed E-state index contributed by atoms with van der Waals surface area (Å²) >= 11 is 9.63. The molecule has 1 atom stereocenters. The third kappa shape index (κ3) is 4.30. The minimum atomic E-state index is 0.233. The Morgan fingerprint density at radius 2 is 2.15 bits per heavy atom. The van der Waals surface area contributed by atoms with Crippen LogP contribution in [-0.2, 0) is 6.42 Å². The van der Waals surface area contributed by atoms with Gasteiger partial charge in [0.2, 0.25) is 0 Å². The van der Waals surface area contributed by atoms with Crippen molar-refractivity contribution in [1.29, 1.82) is 0 Å². The number of hydrogen-bond acceptors (Lipinski definition) is 2. The zero-order valence-corrected chi connectivity index (χ0v) is 13.8. The fourth-order valence-electron chi connectivity index (χ4n) is 2.12. The number of benzene rings is 1. The van der Waals surface area contributed by atoms with Crippen LogP contribution in [0.3, 0.4) is 0 Å². The van der Waals surface area contributed by atoms with Gasteiger partial charge in [-0.2, -0.15) is 0 Å². The van der Waals surface area contributed by atoms with Crippen molar-refractivity contribution in [3.63, 3.8) is 0 Å². The number of aromatic nitrogens is 1. The van der Waals surface area contributed by atoms with E-state index in [-0.39, 0.29) is 6.04 Å². The monoisotopic (exact) mass is 352 g/mol. The maximum Gasteiger partial charge on any atom is 0.0422 e. The third-order valence-electron chi connectivity index (χ3n) is 3.12. The van der Waals surface area contributed by atoms with Crippen LogP contribution in [-0.4, -0.2) is 11.5 Å². The van der Waals surface area contributed by atoms with Crippen LogP contribution >= 0.6 is 27.5 Å². The summed E-state index contributed by atoms with van der Waals surface area (Å²) in [6.07, 6.45) is 3.80. The van der Waals surface area contributed by atoms with Crippen LogP contribution in [0.5, 0.6) is 0 Å². The van der Waals surface area contributed by atoms with E-state index in [2.05, 4.69) is 45.3 Å². The fourth-order valence-corrected chi connectivity index (χ4v) is 3.08. The van der Waals surface area contributed by atoms with Crippen LogP contribution in [0.1, 0.15) is 30.6 Å². The molecular formula is C16H18BrClN2. The second-order valence-electron chi connectivity index (χ2n) is 4.70. The van der Waals surface area contributed by atoms with Gasteiger partial charge in [-0.1, -0.05) is 46.6 Å². The van der Waals surface area contributed by atoms with E-state index in [0.29, 0.717) is 0 Å². The molecule has 1 unspecified atom stereocenters. The van der Waals surface area contributed by atoms with E-state index in [1.54, 1.807) is 0 Å². The quantitative estimate of drug-likeness (QED) is 0.808. The lowest BCUT2D eigenvalue weighted by molar-refractivity contribution is 0.523. The first-order chi connectivity index (χ1) is 9.70. The Bertz CT molecular complexity index is 545. The molecule has 0 aliphatic heterocycles. The van der Waals surface area contributed by atoms with Gasteiger partial charge in [-0.3, -0.25) is 4.98 Å². The van der Waals surface area contributed by atoms with Gasteiger partial charge < -0.3 is 5.32 Å². The summed E-state index contributed by atoms with van der Waals surface area (Å²) in [4.78, 5) is 4.42. The summed E-state index contributed by atoms with van der Waals surface area (Å²) in [7, 11) is 0. The average Bonchev–Trinajstić information content (AvgIpc) is 2.45. The Balaban J connectivity index is 2.22. The number of nitrogens with zero attached hydrogens (tertiary/aromatic N) is 1. The molecule has 1 heterocycles. The minimum Gasteiger partial charge on any atom is -0.310 e. The van der Waals surface area contributed by atoms with Gasteiger partial charge in [-0.25, -0.2) is 0 Å². The predicted molar refractivity (Wildman–Crippen MR) is 88.1 cm³/mol. The molecule has 0 radical (unpaired) electrons. The molecule has 0 saturated heterocycles. The molecule has 1 aromatic heterocycles. The number of nitrogens with one attached hydrogen (secondary N) is 1. The average molecular weight is 354 g/mol. The summed E-state index contributed by atoms with van der Waals surface area (Å²) < 4.78 is 1.04. The first-order valence-corrected chi connectivity index (χ1v) is 7.96. The van der Waals surface area contributed by atoms with E-state index in [0.717, 1.165) is 34.6 Å². The molecule has 1 N–H and O–H groups in total. The van der Waals surface area contributed by atoms with Crippen molar-refractivity contribution >= 4 is 27.5 Å². The molecule has 106 valence electrons. The molecule has 0 saturated carbocycles. The summed E-state index contributed by atoms with van der Waals surface area (Å²) in [6.45, 7) is 3.15. The van der Waals surface area contributed by atoms with Crippen molar-refractivity contribution in [2.45, 2.75) is 25.8 Å². The maximum absolute atomic E-state index is 6.02. The minimum absolute atomic E-state index is 0.233. The predicted octanol–water partition coefficient (Wildman–Crippen LogP) is 4.78. The van der Waals surface area contributed by atoms with Crippen molar-refractivity contribution in [3.05, 3.63) is 63.3 Å². The van der Waals surface area contributed by atoms with Crippen molar-refractivity contribution < 1.29 is 0 Å². The molecule has 2 nitrogen and oxygen atoms in total. The molecule has 0 aliphatic rings. The van der Waals surface area contributed by atoms with Gasteiger partial charge in [0.05, 0.1) is 0 Å². The smallest absolute Gasteiger partial charge is 0.0422 e. The lowest BCUT2D eigenvalue weighted by Gasteiger charge is -2.20. The third-order valence-corrected chi connectivity index (χ3v) is 4.04. The zero-order valence-electron chi connectivity index (χ0n) is 11.4. The lowest BCUT2D eigenvalue weighted by atomic mass is 10.0. The van der Waals surface area contributed by atoms with E-state index < -0.39 is 0 Å². The van der Waals surface area contributed by atoms with E-state index in [9.17, 15) is 0 Å². The van der Waals surface area contributed by atoms with Gasteiger partial charge in [0.15, 0.2) is 0 Å². The van der Waals surface area contributed by atoms with Crippen molar-refractivity contribution in [1.82, 2.24) is 10.3 Å². The Labute approximate surface area is 133 Å². The zero-order chi connectivity index (χ0) is 14.4. The van der Waals surface area contributed by atoms with Gasteiger partial charge in [0.25, 0.3) is 0 Å². The standard InChI is InChI=1S/C16H18BrClN2/c1-2-8-20-16(11-13-5-3-4-9-19-13)14-7-6-12(18)10-15(14)17/h3-7,9-10,16,20H,2,8,11H2,1H3. The fraction of sp³-hybridized carbons (Fsp3) is 0.312. The number of halogens is 2. The molecule has 20 heavy (non-hydrogen) atoms. The molecule has 1 aromatic carbocycles. The topological polar surface area (TPSA) is 24.9 Å². The molecule has 4 heteroatoms. The number of pyridine rings is 1. The summed E-state index contributed by atoms with van der Waals surface area (Å²) in [5, 5.41) is 4.32. The van der Waals surface area contributed by atoms with Crippen LogP contribution in [0.2, 0.25) is 5.02 Å². The first-order valence-electron chi connectivity index (χ1n) is 6.79. The second-order valence-corrected chi connectivity index (χ2v) is 5.99. The Kier molecular flexibility index (Phi) is 6.02. The van der Waals surface area contributed by atoms with E-state index in [1.165, 1.54) is 5.56 Å². The van der Waals surface area contributed by atoms with E-state index in [1.807, 2.05) is 30.5 Å². The van der Waals surface area contributed by atoms with Gasteiger partial charge >= 0.3 is 0 Å². The molecule has 2 aromatic rings. The molecule has 0 fully saturated rings. The Morgan fingerprint density at radius 3 is 2.80 bits per heavy atom. The highest BCUT2D eigenvalue weighted by molar-refractivity contribution is 9.10. The van der Waals surface area contributed by atoms with Gasteiger partial charge in [0.1, 0.15) is 0 Å². The molecule has 0 bridgehead atoms. The SMILES string of the molecule is CCCNC(Cc1ccccn1)c1ccc(Cl)cc1Br. The maximum atomic E-state index is 6.02. The Morgan fingerprint density at radius 1 is 1.30 bits per heavy atom. The number of hydrogen-bond donors (Lipinski definition) is 1. The van der Waals surface area contributed by atoms with E-state index >= 15 is 0 Å². The van der Waals surface area contributed by atoms with Crippen LogP contribution in [0.4, 0.5) is 0 Å². The van der Waals surface area contributed by atoms with Crippen molar-refractivity contribution in [2.75, 3.05) is 6.54 Å². The normalized spacial score (nSPS) is 12.3. The van der Waals surface area contributed by atoms with Crippen LogP contribution < -0.4 is 5.32 Å². The van der Waals surface area contributed by atoms with Crippen LogP contribution in [0.25, 0.3) is 0 Å². The highest BCUT2D eigenvalue weighted by atomic mass is 79.9. The molecule has 0 spiro atoms. The second kappa shape index (κ2) is 7.77. The molecule has 0 aliphatic carbocycles. The van der Waals surface area contributed by atoms with Gasteiger partial charge in [0, 0.05) is 33.8 Å². The molecule has 2 rings (SSSR count). The first kappa shape index (κ1) is 15.5. The highest BCUT2D eigenvalue weighted by Gasteiger charge is 2.15. The lowest BCUT2D eigenvalue weighted by Crippen LogP contribution is -2.24. The van der Waals surface area contributed by atoms with Crippen molar-refractivity contribution in [2.24, 2.45) is 0 Å². The largest absolute Gasteiger partial charge is 0.310 e. The van der Waals surface area contributed by atoms with Crippen LogP contribution in [0, 0.1) is 0 Å². The van der Waals surface area contributed by atoms with E-state index in [4.69, 9.17) is 11.6 Å². The summed E-state index contributed by atoms with van der Waals surface area (Å²) in [6, 6.07) is 12.2.